The average Bonchev–Trinajstić information content (AvgIpc) is 3.30. The number of halogens is 1. The Morgan fingerprint density at radius 2 is 1.85 bits per heavy atom. The van der Waals surface area contributed by atoms with Gasteiger partial charge in [0.1, 0.15) is 16.5 Å². The maximum absolute atomic E-state index is 13.0. The van der Waals surface area contributed by atoms with Crippen LogP contribution in [0.5, 0.6) is 11.5 Å². The van der Waals surface area contributed by atoms with Gasteiger partial charge < -0.3 is 14.8 Å². The largest absolute Gasteiger partial charge is 0.454 e. The lowest BCUT2D eigenvalue weighted by atomic mass is 10.1. The number of fused-ring (bicyclic) bond motifs is 1. The fourth-order valence-electron chi connectivity index (χ4n) is 2.63. The first-order valence-electron chi connectivity index (χ1n) is 7.98. The molecule has 0 atom stereocenters. The molecule has 1 aliphatic rings. The standard InChI is InChI=1S/C19H13FN2O4S/c1-10(23)13-6-16-17(26-9-25-16)7-14(13)21-18(24)15-8-27-19(22-15)11-2-4-12(20)5-3-11/h2-8H,9H2,1H3,(H,21,24). The first kappa shape index (κ1) is 17.2. The zero-order chi connectivity index (χ0) is 19.0. The Labute approximate surface area is 157 Å². The smallest absolute Gasteiger partial charge is 0.275 e. The van der Waals surface area contributed by atoms with E-state index in [0.717, 1.165) is 0 Å². The number of nitrogens with zero attached hydrogens (tertiary/aromatic N) is 1. The van der Waals surface area contributed by atoms with Gasteiger partial charge in [0.15, 0.2) is 17.3 Å². The van der Waals surface area contributed by atoms with Crippen molar-refractivity contribution in [3.8, 4) is 22.1 Å². The molecule has 8 heteroatoms. The molecule has 0 unspecified atom stereocenters. The number of benzene rings is 2. The van der Waals surface area contributed by atoms with Gasteiger partial charge in [-0.15, -0.1) is 11.3 Å². The van der Waals surface area contributed by atoms with Crippen LogP contribution in [-0.2, 0) is 0 Å². The van der Waals surface area contributed by atoms with Crippen molar-refractivity contribution in [2.45, 2.75) is 6.92 Å². The number of anilines is 1. The van der Waals surface area contributed by atoms with Crippen LogP contribution in [0, 0.1) is 5.82 Å². The molecule has 2 heterocycles. The Balaban J connectivity index is 1.60. The molecule has 1 aliphatic heterocycles. The second kappa shape index (κ2) is 6.81. The van der Waals surface area contributed by atoms with Crippen LogP contribution in [0.2, 0.25) is 0 Å². The summed E-state index contributed by atoms with van der Waals surface area (Å²) in [4.78, 5) is 28.8. The molecule has 0 radical (unpaired) electrons. The van der Waals surface area contributed by atoms with Crippen molar-refractivity contribution in [1.29, 1.82) is 0 Å². The van der Waals surface area contributed by atoms with Gasteiger partial charge in [-0.25, -0.2) is 9.37 Å². The third kappa shape index (κ3) is 3.39. The lowest BCUT2D eigenvalue weighted by Crippen LogP contribution is -2.14. The van der Waals surface area contributed by atoms with Gasteiger partial charge in [0, 0.05) is 22.6 Å². The van der Waals surface area contributed by atoms with E-state index in [1.807, 2.05) is 0 Å². The highest BCUT2D eigenvalue weighted by atomic mass is 32.1. The molecule has 1 aromatic heterocycles. The number of aromatic nitrogens is 1. The fraction of sp³-hybridized carbons (Fsp3) is 0.105. The van der Waals surface area contributed by atoms with Crippen LogP contribution in [0.3, 0.4) is 0 Å². The van der Waals surface area contributed by atoms with Gasteiger partial charge in [-0.2, -0.15) is 0 Å². The summed E-state index contributed by atoms with van der Waals surface area (Å²) in [6, 6.07) is 8.98. The Kier molecular flexibility index (Phi) is 4.33. The maximum atomic E-state index is 13.0. The Bertz CT molecular complexity index is 1050. The predicted molar refractivity (Wildman–Crippen MR) is 98.0 cm³/mol. The van der Waals surface area contributed by atoms with E-state index < -0.39 is 5.91 Å². The molecule has 27 heavy (non-hydrogen) atoms. The number of amides is 1. The number of carbonyl (C=O) groups excluding carboxylic acids is 2. The normalized spacial score (nSPS) is 12.1. The molecule has 6 nitrogen and oxygen atoms in total. The summed E-state index contributed by atoms with van der Waals surface area (Å²) in [6.07, 6.45) is 0. The lowest BCUT2D eigenvalue weighted by molar-refractivity contribution is 0.101. The number of ketones is 1. The molecule has 0 saturated carbocycles. The minimum atomic E-state index is -0.457. The topological polar surface area (TPSA) is 77.5 Å². The van der Waals surface area contributed by atoms with E-state index >= 15 is 0 Å². The molecule has 0 spiro atoms. The summed E-state index contributed by atoms with van der Waals surface area (Å²) < 4.78 is 23.6. The molecule has 1 N–H and O–H groups in total. The minimum absolute atomic E-state index is 0.0667. The molecule has 0 bridgehead atoms. The van der Waals surface area contributed by atoms with E-state index in [1.165, 1.54) is 30.4 Å². The van der Waals surface area contributed by atoms with E-state index in [1.54, 1.807) is 29.6 Å². The van der Waals surface area contributed by atoms with Crippen molar-refractivity contribution in [1.82, 2.24) is 4.98 Å². The van der Waals surface area contributed by atoms with E-state index in [4.69, 9.17) is 9.47 Å². The molecule has 1 amide bonds. The number of hydrogen-bond acceptors (Lipinski definition) is 6. The second-order valence-electron chi connectivity index (χ2n) is 5.81. The Hall–Kier alpha value is -3.26. The fourth-order valence-corrected chi connectivity index (χ4v) is 3.43. The third-order valence-corrected chi connectivity index (χ3v) is 4.86. The van der Waals surface area contributed by atoms with Gasteiger partial charge >= 0.3 is 0 Å². The van der Waals surface area contributed by atoms with Crippen molar-refractivity contribution in [3.63, 3.8) is 0 Å². The summed E-state index contributed by atoms with van der Waals surface area (Å²) in [6.45, 7) is 1.47. The highest BCUT2D eigenvalue weighted by molar-refractivity contribution is 7.13. The van der Waals surface area contributed by atoms with Crippen molar-refractivity contribution in [2.24, 2.45) is 0 Å². The Morgan fingerprint density at radius 3 is 2.56 bits per heavy atom. The third-order valence-electron chi connectivity index (χ3n) is 3.97. The summed E-state index contributed by atoms with van der Waals surface area (Å²) in [5.74, 6) is -0.0891. The molecular weight excluding hydrogens is 371 g/mol. The summed E-state index contributed by atoms with van der Waals surface area (Å²) in [5, 5.41) is 4.90. The van der Waals surface area contributed by atoms with Crippen LogP contribution in [0.1, 0.15) is 27.8 Å². The van der Waals surface area contributed by atoms with Crippen molar-refractivity contribution in [3.05, 3.63) is 58.9 Å². The van der Waals surface area contributed by atoms with Crippen molar-refractivity contribution in [2.75, 3.05) is 12.1 Å². The van der Waals surface area contributed by atoms with E-state index in [2.05, 4.69) is 10.3 Å². The minimum Gasteiger partial charge on any atom is -0.454 e. The van der Waals surface area contributed by atoms with Crippen LogP contribution < -0.4 is 14.8 Å². The SMILES string of the molecule is CC(=O)c1cc2c(cc1NC(=O)c1csc(-c3ccc(F)cc3)n1)OCO2. The molecule has 136 valence electrons. The van der Waals surface area contributed by atoms with Gasteiger partial charge in [-0.3, -0.25) is 9.59 Å². The number of nitrogens with one attached hydrogen (secondary N) is 1. The lowest BCUT2D eigenvalue weighted by Gasteiger charge is -2.09. The first-order chi connectivity index (χ1) is 13.0. The van der Waals surface area contributed by atoms with Crippen LogP contribution in [0.15, 0.2) is 41.8 Å². The highest BCUT2D eigenvalue weighted by Gasteiger charge is 2.21. The van der Waals surface area contributed by atoms with Gasteiger partial charge in [-0.05, 0) is 37.3 Å². The van der Waals surface area contributed by atoms with Gasteiger partial charge in [0.25, 0.3) is 5.91 Å². The van der Waals surface area contributed by atoms with Crippen LogP contribution >= 0.6 is 11.3 Å². The monoisotopic (exact) mass is 384 g/mol. The number of carbonyl (C=O) groups is 2. The maximum Gasteiger partial charge on any atom is 0.275 e. The van der Waals surface area contributed by atoms with Crippen molar-refractivity contribution < 1.29 is 23.5 Å². The summed E-state index contributed by atoms with van der Waals surface area (Å²) in [5.41, 5.74) is 1.56. The highest BCUT2D eigenvalue weighted by Crippen LogP contribution is 2.37. The number of rotatable bonds is 4. The van der Waals surface area contributed by atoms with Crippen molar-refractivity contribution >= 4 is 28.7 Å². The van der Waals surface area contributed by atoms with Crippen LogP contribution in [0.4, 0.5) is 10.1 Å². The van der Waals surface area contributed by atoms with Gasteiger partial charge in [-0.1, -0.05) is 0 Å². The summed E-state index contributed by atoms with van der Waals surface area (Å²) >= 11 is 1.27. The summed E-state index contributed by atoms with van der Waals surface area (Å²) in [7, 11) is 0. The number of Topliss-reactive ketones (excluding diaryl/α,β-unsaturated/α-hetero) is 1. The number of ether oxygens (including phenoxy) is 2. The van der Waals surface area contributed by atoms with Gasteiger partial charge in [0.05, 0.1) is 5.69 Å². The molecule has 0 fully saturated rings. The molecule has 0 saturated heterocycles. The van der Waals surface area contributed by atoms with Crippen LogP contribution in [-0.4, -0.2) is 23.5 Å². The average molecular weight is 384 g/mol. The molecular formula is C19H13FN2O4S. The van der Waals surface area contributed by atoms with Gasteiger partial charge in [0.2, 0.25) is 6.79 Å². The molecule has 0 aliphatic carbocycles. The number of hydrogen-bond donors (Lipinski definition) is 1. The number of thiazole rings is 1. The van der Waals surface area contributed by atoms with E-state index in [0.29, 0.717) is 33.3 Å². The first-order valence-corrected chi connectivity index (χ1v) is 8.86. The molecule has 3 aromatic rings. The predicted octanol–water partition coefficient (Wildman–Crippen LogP) is 4.13. The molecule has 2 aromatic carbocycles. The van der Waals surface area contributed by atoms with E-state index in [-0.39, 0.29) is 24.1 Å². The zero-order valence-corrected chi connectivity index (χ0v) is 14.9. The van der Waals surface area contributed by atoms with Crippen LogP contribution in [0.25, 0.3) is 10.6 Å². The zero-order valence-electron chi connectivity index (χ0n) is 14.1. The molecule has 4 rings (SSSR count). The quantitative estimate of drug-likeness (QED) is 0.685. The van der Waals surface area contributed by atoms with E-state index in [9.17, 15) is 14.0 Å². The Morgan fingerprint density at radius 1 is 1.15 bits per heavy atom. The second-order valence-corrected chi connectivity index (χ2v) is 6.66.